The Hall–Kier alpha value is -2.12. The third-order valence-corrected chi connectivity index (χ3v) is 7.41. The van der Waals surface area contributed by atoms with Crippen molar-refractivity contribution in [3.63, 3.8) is 0 Å². The van der Waals surface area contributed by atoms with Crippen LogP contribution in [0, 0.1) is 16.7 Å². The predicted octanol–water partition coefficient (Wildman–Crippen LogP) is 0.280. The van der Waals surface area contributed by atoms with E-state index in [0.717, 1.165) is 0 Å². The van der Waals surface area contributed by atoms with Gasteiger partial charge in [0.2, 0.25) is 11.8 Å². The van der Waals surface area contributed by atoms with Crippen molar-refractivity contribution in [1.82, 2.24) is 20.4 Å². The first-order valence-electron chi connectivity index (χ1n) is 8.36. The number of nitrogens with one attached hydrogen (secondary N) is 2. The number of imide groups is 2. The molecular weight excluding hydrogens is 312 g/mol. The molecule has 8 heteroatoms. The summed E-state index contributed by atoms with van der Waals surface area (Å²) in [5.74, 6) is -0.875. The van der Waals surface area contributed by atoms with Gasteiger partial charge in [-0.25, -0.2) is 9.59 Å². The van der Waals surface area contributed by atoms with E-state index in [1.807, 2.05) is 20.8 Å². The van der Waals surface area contributed by atoms with Crippen molar-refractivity contribution in [3.05, 3.63) is 0 Å². The molecule has 6 atom stereocenters. The highest BCUT2D eigenvalue weighted by Crippen LogP contribution is 2.64. The van der Waals surface area contributed by atoms with Crippen LogP contribution >= 0.6 is 0 Å². The van der Waals surface area contributed by atoms with Crippen molar-refractivity contribution in [2.75, 3.05) is 0 Å². The van der Waals surface area contributed by atoms with E-state index in [1.54, 1.807) is 23.6 Å². The lowest BCUT2D eigenvalue weighted by Crippen LogP contribution is -2.91. The van der Waals surface area contributed by atoms with Crippen molar-refractivity contribution >= 4 is 23.9 Å². The van der Waals surface area contributed by atoms with E-state index in [9.17, 15) is 19.2 Å². The molecule has 6 unspecified atom stereocenters. The molecule has 2 N–H and O–H groups in total. The second-order valence-corrected chi connectivity index (χ2v) is 7.97. The standard InChI is InChI=1S/C16H22N4O4/c1-6-7(2)19-9-10-16(5,15(9,4)11(21)17-13(19)23)12(22)18-14(24)20(10)8(6)3/h6-10H,1-5H3,(H,17,21,23)(H,18,22,24). The van der Waals surface area contributed by atoms with Gasteiger partial charge < -0.3 is 9.80 Å². The highest BCUT2D eigenvalue weighted by Gasteiger charge is 2.82. The summed E-state index contributed by atoms with van der Waals surface area (Å²) >= 11 is 0. The number of carbonyl (C=O) groups is 4. The number of urea groups is 2. The quantitative estimate of drug-likeness (QED) is 0.665. The Bertz CT molecular complexity index is 650. The summed E-state index contributed by atoms with van der Waals surface area (Å²) in [6.45, 7) is 9.31. The lowest BCUT2D eigenvalue weighted by Gasteiger charge is -2.71. The van der Waals surface area contributed by atoms with Gasteiger partial charge in [-0.05, 0) is 33.6 Å². The highest BCUT2D eigenvalue weighted by molar-refractivity contribution is 6.11. The molecule has 8 nitrogen and oxygen atoms in total. The topological polar surface area (TPSA) is 98.8 Å². The molecule has 4 rings (SSSR count). The number of hydrogen-bond donors (Lipinski definition) is 2. The molecule has 3 heterocycles. The molecule has 0 aromatic carbocycles. The van der Waals surface area contributed by atoms with Crippen molar-refractivity contribution in [2.24, 2.45) is 16.7 Å². The first-order valence-corrected chi connectivity index (χ1v) is 8.36. The molecule has 0 spiro atoms. The van der Waals surface area contributed by atoms with Crippen LogP contribution in [0.25, 0.3) is 0 Å². The molecule has 1 saturated carbocycles. The molecule has 3 saturated heterocycles. The SMILES string of the molecule is CC1C(C)N2C(=O)NC(=O)C3(C)C2C2N(C(=O)NC(=O)C23C)C1C. The van der Waals surface area contributed by atoms with E-state index in [-0.39, 0.29) is 18.0 Å². The molecule has 6 amide bonds. The van der Waals surface area contributed by atoms with Gasteiger partial charge in [-0.1, -0.05) is 6.92 Å². The van der Waals surface area contributed by atoms with Crippen LogP contribution in [0.5, 0.6) is 0 Å². The van der Waals surface area contributed by atoms with Gasteiger partial charge in [-0.3, -0.25) is 20.2 Å². The Morgan fingerprint density at radius 2 is 1.08 bits per heavy atom. The van der Waals surface area contributed by atoms with Crippen LogP contribution in [0.15, 0.2) is 0 Å². The largest absolute Gasteiger partial charge is 0.324 e. The summed E-state index contributed by atoms with van der Waals surface area (Å²) in [6.07, 6.45) is 0. The fourth-order valence-electron chi connectivity index (χ4n) is 5.37. The van der Waals surface area contributed by atoms with Crippen LogP contribution in [0.4, 0.5) is 9.59 Å². The van der Waals surface area contributed by atoms with Crippen LogP contribution < -0.4 is 10.6 Å². The van der Waals surface area contributed by atoms with E-state index in [2.05, 4.69) is 10.6 Å². The molecule has 4 fully saturated rings. The van der Waals surface area contributed by atoms with Crippen LogP contribution in [-0.4, -0.2) is 57.8 Å². The minimum absolute atomic E-state index is 0.00186. The zero-order valence-corrected chi connectivity index (χ0v) is 14.4. The zero-order chi connectivity index (χ0) is 17.8. The van der Waals surface area contributed by atoms with E-state index < -0.39 is 46.8 Å². The molecule has 0 radical (unpaired) electrons. The van der Waals surface area contributed by atoms with Crippen LogP contribution in [0.1, 0.15) is 34.6 Å². The average Bonchev–Trinajstić information content (AvgIpc) is 2.60. The molecular formula is C16H22N4O4. The number of carbonyl (C=O) groups excluding carboxylic acids is 4. The third kappa shape index (κ3) is 1.26. The first kappa shape index (κ1) is 15.4. The Morgan fingerprint density at radius 1 is 0.750 bits per heavy atom. The van der Waals surface area contributed by atoms with E-state index in [1.165, 1.54) is 0 Å². The van der Waals surface area contributed by atoms with Crippen LogP contribution in [-0.2, 0) is 9.59 Å². The predicted molar refractivity (Wildman–Crippen MR) is 82.6 cm³/mol. The summed E-state index contributed by atoms with van der Waals surface area (Å²) in [6, 6.07) is -2.15. The maximum atomic E-state index is 12.7. The molecule has 0 bridgehead atoms. The lowest BCUT2D eigenvalue weighted by atomic mass is 9.42. The van der Waals surface area contributed by atoms with Crippen molar-refractivity contribution in [2.45, 2.75) is 58.8 Å². The van der Waals surface area contributed by atoms with Gasteiger partial charge in [0.05, 0.1) is 22.9 Å². The number of amides is 6. The van der Waals surface area contributed by atoms with Crippen molar-refractivity contribution in [3.8, 4) is 0 Å². The van der Waals surface area contributed by atoms with Crippen LogP contribution in [0.2, 0.25) is 0 Å². The number of rotatable bonds is 0. The Morgan fingerprint density at radius 3 is 1.42 bits per heavy atom. The monoisotopic (exact) mass is 334 g/mol. The first-order chi connectivity index (χ1) is 11.1. The van der Waals surface area contributed by atoms with Gasteiger partial charge in [-0.2, -0.15) is 0 Å². The van der Waals surface area contributed by atoms with E-state index in [0.29, 0.717) is 0 Å². The molecule has 4 aliphatic rings. The smallest absolute Gasteiger partial charge is 0.315 e. The normalized spacial score (nSPS) is 49.8. The number of fused-ring (bicyclic) bond motifs is 1. The fraction of sp³-hybridized carbons (Fsp3) is 0.750. The Kier molecular flexibility index (Phi) is 2.63. The van der Waals surface area contributed by atoms with E-state index >= 15 is 0 Å². The van der Waals surface area contributed by atoms with E-state index in [4.69, 9.17) is 0 Å². The number of hydrogen-bond acceptors (Lipinski definition) is 4. The minimum atomic E-state index is -1.06. The summed E-state index contributed by atoms with van der Waals surface area (Å²) < 4.78 is 0. The van der Waals surface area contributed by atoms with Gasteiger partial charge in [0.1, 0.15) is 0 Å². The second kappa shape index (κ2) is 4.10. The Balaban J connectivity index is 1.98. The van der Waals surface area contributed by atoms with Gasteiger partial charge in [-0.15, -0.1) is 0 Å². The molecule has 0 aromatic rings. The maximum Gasteiger partial charge on any atom is 0.324 e. The highest BCUT2D eigenvalue weighted by atomic mass is 16.2. The molecule has 0 aromatic heterocycles. The number of nitrogens with zero attached hydrogens (tertiary/aromatic N) is 2. The third-order valence-electron chi connectivity index (χ3n) is 7.41. The summed E-state index contributed by atoms with van der Waals surface area (Å²) in [4.78, 5) is 53.8. The van der Waals surface area contributed by atoms with Crippen molar-refractivity contribution in [1.29, 1.82) is 0 Å². The fourth-order valence-corrected chi connectivity index (χ4v) is 5.37. The Labute approximate surface area is 139 Å². The van der Waals surface area contributed by atoms with Crippen LogP contribution in [0.3, 0.4) is 0 Å². The maximum absolute atomic E-state index is 12.7. The van der Waals surface area contributed by atoms with Gasteiger partial charge >= 0.3 is 12.1 Å². The molecule has 1 aliphatic carbocycles. The molecule has 24 heavy (non-hydrogen) atoms. The van der Waals surface area contributed by atoms with Gasteiger partial charge in [0, 0.05) is 12.1 Å². The molecule has 3 aliphatic heterocycles. The van der Waals surface area contributed by atoms with Gasteiger partial charge in [0.15, 0.2) is 0 Å². The summed E-state index contributed by atoms with van der Waals surface area (Å²) in [5, 5.41) is 4.85. The zero-order valence-electron chi connectivity index (χ0n) is 14.4. The van der Waals surface area contributed by atoms with Crippen molar-refractivity contribution < 1.29 is 19.2 Å². The summed E-state index contributed by atoms with van der Waals surface area (Å²) in [7, 11) is 0. The minimum Gasteiger partial charge on any atom is -0.315 e. The summed E-state index contributed by atoms with van der Waals surface area (Å²) in [5.41, 5.74) is -2.13. The average molecular weight is 334 g/mol. The van der Waals surface area contributed by atoms with Gasteiger partial charge in [0.25, 0.3) is 0 Å². The lowest BCUT2D eigenvalue weighted by molar-refractivity contribution is -0.212. The molecule has 130 valence electrons. The second-order valence-electron chi connectivity index (χ2n) is 7.97.